The van der Waals surface area contributed by atoms with E-state index in [9.17, 15) is 0 Å². The second-order valence-corrected chi connectivity index (χ2v) is 3.86. The molecule has 0 radical (unpaired) electrons. The smallest absolute Gasteiger partial charge is 0.224 e. The zero-order valence-corrected chi connectivity index (χ0v) is 8.20. The van der Waals surface area contributed by atoms with Crippen LogP contribution in [0.4, 0.5) is 0 Å². The van der Waals surface area contributed by atoms with Gasteiger partial charge in [-0.05, 0) is 36.6 Å². The van der Waals surface area contributed by atoms with Gasteiger partial charge in [0.1, 0.15) is 0 Å². The van der Waals surface area contributed by atoms with Gasteiger partial charge in [-0.25, -0.2) is 9.97 Å². The first-order chi connectivity index (χ1) is 6.84. The molecule has 0 unspecified atom stereocenters. The maximum atomic E-state index is 5.83. The predicted octanol–water partition coefficient (Wildman–Crippen LogP) is 2.56. The minimum atomic E-state index is 0.304. The third-order valence-corrected chi connectivity index (χ3v) is 2.61. The monoisotopic (exact) mass is 205 g/mol. The molecule has 4 heteroatoms. The number of pyridine rings is 1. The lowest BCUT2D eigenvalue weighted by molar-refractivity contribution is 1.01. The molecule has 0 aliphatic heterocycles. The molecule has 1 saturated carbocycles. The van der Waals surface area contributed by atoms with E-state index in [2.05, 4.69) is 15.0 Å². The van der Waals surface area contributed by atoms with E-state index in [1.807, 2.05) is 12.1 Å². The molecule has 1 aliphatic carbocycles. The Hall–Kier alpha value is -1.22. The summed E-state index contributed by atoms with van der Waals surface area (Å²) < 4.78 is 0. The maximum absolute atomic E-state index is 5.83. The summed E-state index contributed by atoms with van der Waals surface area (Å²) in [6.45, 7) is 0. The molecule has 0 bridgehead atoms. The van der Waals surface area contributed by atoms with Crippen molar-refractivity contribution in [1.82, 2.24) is 15.0 Å². The summed E-state index contributed by atoms with van der Waals surface area (Å²) in [6.07, 6.45) is 4.14. The Labute approximate surface area is 86.2 Å². The standard InChI is InChI=1S/C10H8ClN3/c11-10-13-8(6-3-4-6)7-2-1-5-12-9(7)14-10/h1-2,5-6H,3-4H2. The molecule has 3 nitrogen and oxygen atoms in total. The van der Waals surface area contributed by atoms with E-state index in [4.69, 9.17) is 11.6 Å². The minimum absolute atomic E-state index is 0.304. The van der Waals surface area contributed by atoms with Crippen LogP contribution in [-0.2, 0) is 0 Å². The van der Waals surface area contributed by atoms with Crippen LogP contribution in [0.5, 0.6) is 0 Å². The average Bonchev–Trinajstić information content (AvgIpc) is 2.99. The van der Waals surface area contributed by atoms with Crippen molar-refractivity contribution in [2.45, 2.75) is 18.8 Å². The van der Waals surface area contributed by atoms with Gasteiger partial charge in [-0.3, -0.25) is 0 Å². The second kappa shape index (κ2) is 2.89. The topological polar surface area (TPSA) is 38.7 Å². The van der Waals surface area contributed by atoms with Crippen molar-refractivity contribution in [3.05, 3.63) is 29.3 Å². The molecule has 0 spiro atoms. The number of hydrogen-bond acceptors (Lipinski definition) is 3. The van der Waals surface area contributed by atoms with Crippen molar-refractivity contribution in [3.63, 3.8) is 0 Å². The van der Waals surface area contributed by atoms with E-state index in [1.54, 1.807) is 6.20 Å². The summed E-state index contributed by atoms with van der Waals surface area (Å²) in [7, 11) is 0. The fourth-order valence-electron chi connectivity index (χ4n) is 1.63. The summed E-state index contributed by atoms with van der Waals surface area (Å²) in [4.78, 5) is 12.5. The van der Waals surface area contributed by atoms with Crippen LogP contribution in [0.2, 0.25) is 5.28 Å². The fraction of sp³-hybridized carbons (Fsp3) is 0.300. The molecule has 0 aromatic carbocycles. The highest BCUT2D eigenvalue weighted by Crippen LogP contribution is 2.41. The van der Waals surface area contributed by atoms with Crippen LogP contribution in [0.25, 0.3) is 11.0 Å². The van der Waals surface area contributed by atoms with Crippen molar-refractivity contribution in [3.8, 4) is 0 Å². The molecule has 2 heterocycles. The normalized spacial score (nSPS) is 16.1. The van der Waals surface area contributed by atoms with Gasteiger partial charge >= 0.3 is 0 Å². The summed E-state index contributed by atoms with van der Waals surface area (Å²) >= 11 is 5.83. The van der Waals surface area contributed by atoms with Gasteiger partial charge in [-0.1, -0.05) is 0 Å². The van der Waals surface area contributed by atoms with Crippen molar-refractivity contribution >= 4 is 22.6 Å². The molecule has 1 fully saturated rings. The number of fused-ring (bicyclic) bond motifs is 1. The van der Waals surface area contributed by atoms with Crippen molar-refractivity contribution in [2.75, 3.05) is 0 Å². The Kier molecular flexibility index (Phi) is 1.67. The highest BCUT2D eigenvalue weighted by atomic mass is 35.5. The van der Waals surface area contributed by atoms with E-state index in [0.717, 1.165) is 11.1 Å². The molecule has 0 amide bonds. The summed E-state index contributed by atoms with van der Waals surface area (Å²) in [5.74, 6) is 0.571. The zero-order chi connectivity index (χ0) is 9.54. The first-order valence-corrected chi connectivity index (χ1v) is 5.00. The summed E-state index contributed by atoms with van der Waals surface area (Å²) in [5.41, 5.74) is 1.77. The predicted molar refractivity (Wildman–Crippen MR) is 54.3 cm³/mol. The number of aromatic nitrogens is 3. The molecule has 14 heavy (non-hydrogen) atoms. The van der Waals surface area contributed by atoms with Crippen LogP contribution in [0, 0.1) is 0 Å². The van der Waals surface area contributed by atoms with Crippen LogP contribution in [0.1, 0.15) is 24.5 Å². The van der Waals surface area contributed by atoms with E-state index in [1.165, 1.54) is 12.8 Å². The third kappa shape index (κ3) is 1.24. The van der Waals surface area contributed by atoms with Crippen LogP contribution >= 0.6 is 11.6 Å². The Morgan fingerprint density at radius 1 is 1.29 bits per heavy atom. The van der Waals surface area contributed by atoms with Gasteiger partial charge in [0.15, 0.2) is 5.65 Å². The highest BCUT2D eigenvalue weighted by Gasteiger charge is 2.27. The van der Waals surface area contributed by atoms with Crippen molar-refractivity contribution in [1.29, 1.82) is 0 Å². The molecule has 3 rings (SSSR count). The molecule has 0 saturated heterocycles. The largest absolute Gasteiger partial charge is 0.236 e. The quantitative estimate of drug-likeness (QED) is 0.672. The lowest BCUT2D eigenvalue weighted by Crippen LogP contribution is -1.94. The third-order valence-electron chi connectivity index (χ3n) is 2.44. The van der Waals surface area contributed by atoms with Gasteiger partial charge in [0.2, 0.25) is 5.28 Å². The Bertz CT molecular complexity index is 494. The van der Waals surface area contributed by atoms with Crippen LogP contribution < -0.4 is 0 Å². The van der Waals surface area contributed by atoms with Gasteiger partial charge in [-0.2, -0.15) is 4.98 Å². The highest BCUT2D eigenvalue weighted by molar-refractivity contribution is 6.28. The molecule has 70 valence electrons. The van der Waals surface area contributed by atoms with E-state index >= 15 is 0 Å². The minimum Gasteiger partial charge on any atom is -0.236 e. The fourth-order valence-corrected chi connectivity index (χ4v) is 1.80. The molecular formula is C10H8ClN3. The zero-order valence-electron chi connectivity index (χ0n) is 7.44. The van der Waals surface area contributed by atoms with Crippen molar-refractivity contribution in [2.24, 2.45) is 0 Å². The molecule has 0 atom stereocenters. The van der Waals surface area contributed by atoms with Gasteiger partial charge in [0.25, 0.3) is 0 Å². The second-order valence-electron chi connectivity index (χ2n) is 3.53. The molecule has 0 N–H and O–H groups in total. The van der Waals surface area contributed by atoms with Crippen molar-refractivity contribution < 1.29 is 0 Å². The first kappa shape index (κ1) is 8.12. The number of rotatable bonds is 1. The first-order valence-electron chi connectivity index (χ1n) is 4.63. The van der Waals surface area contributed by atoms with E-state index in [-0.39, 0.29) is 0 Å². The van der Waals surface area contributed by atoms with Crippen LogP contribution in [0.3, 0.4) is 0 Å². The van der Waals surface area contributed by atoms with Gasteiger partial charge in [0, 0.05) is 17.5 Å². The Morgan fingerprint density at radius 2 is 2.14 bits per heavy atom. The lowest BCUT2D eigenvalue weighted by Gasteiger charge is -2.02. The number of hydrogen-bond donors (Lipinski definition) is 0. The Balaban J connectivity index is 2.34. The number of nitrogens with zero attached hydrogens (tertiary/aromatic N) is 3. The number of halogens is 1. The molecule has 2 aromatic heterocycles. The molecular weight excluding hydrogens is 198 g/mol. The van der Waals surface area contributed by atoms with E-state index < -0.39 is 0 Å². The van der Waals surface area contributed by atoms with Gasteiger partial charge in [0.05, 0.1) is 5.69 Å². The summed E-state index contributed by atoms with van der Waals surface area (Å²) in [5, 5.41) is 1.34. The Morgan fingerprint density at radius 3 is 2.93 bits per heavy atom. The average molecular weight is 206 g/mol. The van der Waals surface area contributed by atoms with Gasteiger partial charge in [-0.15, -0.1) is 0 Å². The van der Waals surface area contributed by atoms with Crippen LogP contribution in [0.15, 0.2) is 18.3 Å². The molecule has 2 aromatic rings. The SMILES string of the molecule is Clc1nc(C2CC2)c2cccnc2n1. The lowest BCUT2D eigenvalue weighted by atomic mass is 10.2. The van der Waals surface area contributed by atoms with Crippen LogP contribution in [-0.4, -0.2) is 15.0 Å². The maximum Gasteiger partial charge on any atom is 0.224 e. The molecule has 1 aliphatic rings. The summed E-state index contributed by atoms with van der Waals surface area (Å²) in [6, 6.07) is 3.91. The van der Waals surface area contributed by atoms with Gasteiger partial charge < -0.3 is 0 Å². The van der Waals surface area contributed by atoms with E-state index in [0.29, 0.717) is 16.8 Å².